The number of halogens is 4. The molecule has 0 aliphatic rings. The first-order chi connectivity index (χ1) is 10.5. The molecule has 0 heterocycles. The molecule has 0 aromatic heterocycles. The molecule has 0 nitrogen and oxygen atoms in total. The largest absolute Gasteiger partial charge is 0.207 e. The molecule has 0 radical (unpaired) electrons. The molecule has 0 atom stereocenters. The second-order valence-electron chi connectivity index (χ2n) is 4.60. The highest BCUT2D eigenvalue weighted by molar-refractivity contribution is 8.76. The lowest BCUT2D eigenvalue weighted by molar-refractivity contribution is 0.565. The minimum atomic E-state index is -0.668. The molecular weight excluding hydrogens is 332 g/mol. The van der Waals surface area contributed by atoms with E-state index in [-0.39, 0.29) is 0 Å². The number of rotatable bonds is 5. The van der Waals surface area contributed by atoms with E-state index < -0.39 is 23.3 Å². The number of benzene rings is 2. The summed E-state index contributed by atoms with van der Waals surface area (Å²) in [7, 11) is 2.21. The average molecular weight is 346 g/mol. The van der Waals surface area contributed by atoms with Crippen LogP contribution in [0.1, 0.15) is 25.0 Å². The molecule has 2 aromatic carbocycles. The van der Waals surface area contributed by atoms with Crippen LogP contribution in [-0.2, 0) is 12.8 Å². The monoisotopic (exact) mass is 346 g/mol. The molecule has 118 valence electrons. The lowest BCUT2D eigenvalue weighted by Gasteiger charge is -2.11. The van der Waals surface area contributed by atoms with Gasteiger partial charge in [-0.05, 0) is 25.0 Å². The van der Waals surface area contributed by atoms with Crippen LogP contribution in [0.25, 0.3) is 0 Å². The van der Waals surface area contributed by atoms with Crippen LogP contribution in [-0.4, -0.2) is 0 Å². The Morgan fingerprint density at radius 3 is 1.36 bits per heavy atom. The molecule has 0 aliphatic heterocycles. The van der Waals surface area contributed by atoms with E-state index in [1.165, 1.54) is 12.1 Å². The summed E-state index contributed by atoms with van der Waals surface area (Å²) in [6.07, 6.45) is 0.820. The van der Waals surface area contributed by atoms with E-state index in [9.17, 15) is 17.6 Å². The summed E-state index contributed by atoms with van der Waals surface area (Å²) in [6.45, 7) is 3.54. The molecule has 0 fully saturated rings. The summed E-state index contributed by atoms with van der Waals surface area (Å²) in [5.41, 5.74) is 0.794. The van der Waals surface area contributed by atoms with Crippen LogP contribution in [0.3, 0.4) is 0 Å². The fourth-order valence-electron chi connectivity index (χ4n) is 2.08. The first-order valence-corrected chi connectivity index (χ1v) is 8.91. The molecule has 0 N–H and O–H groups in total. The van der Waals surface area contributed by atoms with Crippen LogP contribution < -0.4 is 0 Å². The molecule has 0 bridgehead atoms. The topological polar surface area (TPSA) is 0 Å². The lowest BCUT2D eigenvalue weighted by atomic mass is 10.1. The van der Waals surface area contributed by atoms with Gasteiger partial charge < -0.3 is 0 Å². The van der Waals surface area contributed by atoms with Gasteiger partial charge in [-0.15, -0.1) is 0 Å². The van der Waals surface area contributed by atoms with E-state index in [1.807, 2.05) is 0 Å². The van der Waals surface area contributed by atoms with Gasteiger partial charge in [-0.25, -0.2) is 17.6 Å². The van der Waals surface area contributed by atoms with Crippen molar-refractivity contribution in [1.82, 2.24) is 0 Å². The Kier molecular flexibility index (Phi) is 5.81. The highest BCUT2D eigenvalue weighted by Gasteiger charge is 2.14. The highest BCUT2D eigenvalue weighted by atomic mass is 33.1. The van der Waals surface area contributed by atoms with Crippen molar-refractivity contribution in [3.63, 3.8) is 0 Å². The maximum absolute atomic E-state index is 13.7. The second kappa shape index (κ2) is 7.42. The molecule has 2 aromatic rings. The van der Waals surface area contributed by atoms with Crippen molar-refractivity contribution >= 4 is 21.6 Å². The van der Waals surface area contributed by atoms with Gasteiger partial charge in [0.1, 0.15) is 23.3 Å². The molecule has 0 saturated carbocycles. The van der Waals surface area contributed by atoms with Gasteiger partial charge in [-0.3, -0.25) is 0 Å². The zero-order chi connectivity index (χ0) is 16.3. The SMILES string of the molecule is CCc1c(F)cc(F)cc1SSc1cc(F)cc(F)c1CC. The van der Waals surface area contributed by atoms with Gasteiger partial charge >= 0.3 is 0 Å². The minimum Gasteiger partial charge on any atom is -0.207 e. The Morgan fingerprint density at radius 2 is 1.05 bits per heavy atom. The predicted molar refractivity (Wildman–Crippen MR) is 83.2 cm³/mol. The molecule has 22 heavy (non-hydrogen) atoms. The van der Waals surface area contributed by atoms with Crippen molar-refractivity contribution < 1.29 is 17.6 Å². The Balaban J connectivity index is 2.31. The Bertz CT molecular complexity index is 627. The third kappa shape index (κ3) is 3.79. The zero-order valence-corrected chi connectivity index (χ0v) is 13.7. The molecular formula is C16H14F4S2. The maximum atomic E-state index is 13.7. The standard InChI is InChI=1S/C16H14F4S2/c1-3-11-13(19)5-9(17)7-15(11)21-22-16-8-10(18)6-14(20)12(16)4-2/h5-8H,3-4H2,1-2H3. The van der Waals surface area contributed by atoms with Crippen molar-refractivity contribution in [2.75, 3.05) is 0 Å². The van der Waals surface area contributed by atoms with Crippen LogP contribution in [0.5, 0.6) is 0 Å². The van der Waals surface area contributed by atoms with Crippen LogP contribution in [0, 0.1) is 23.3 Å². The van der Waals surface area contributed by atoms with Crippen LogP contribution in [0.15, 0.2) is 34.1 Å². The number of hydrogen-bond acceptors (Lipinski definition) is 2. The average Bonchev–Trinajstić information content (AvgIpc) is 2.44. The third-order valence-corrected chi connectivity index (χ3v) is 5.67. The van der Waals surface area contributed by atoms with Gasteiger partial charge in [0.2, 0.25) is 0 Å². The fourth-order valence-corrected chi connectivity index (χ4v) is 4.70. The quantitative estimate of drug-likeness (QED) is 0.469. The van der Waals surface area contributed by atoms with E-state index >= 15 is 0 Å². The summed E-state index contributed by atoms with van der Waals surface area (Å²) in [6, 6.07) is 4.15. The van der Waals surface area contributed by atoms with E-state index in [1.54, 1.807) is 13.8 Å². The normalized spacial score (nSPS) is 11.0. The van der Waals surface area contributed by atoms with Gasteiger partial charge in [-0.2, -0.15) is 0 Å². The van der Waals surface area contributed by atoms with Gasteiger partial charge in [0.05, 0.1) is 0 Å². The minimum absolute atomic E-state index is 0.397. The zero-order valence-electron chi connectivity index (χ0n) is 12.1. The van der Waals surface area contributed by atoms with Gasteiger partial charge in [0.25, 0.3) is 0 Å². The molecule has 0 saturated heterocycles. The first-order valence-electron chi connectivity index (χ1n) is 6.76. The van der Waals surface area contributed by atoms with Gasteiger partial charge in [0, 0.05) is 33.1 Å². The van der Waals surface area contributed by atoms with Crippen molar-refractivity contribution in [3.05, 3.63) is 58.7 Å². The van der Waals surface area contributed by atoms with Gasteiger partial charge in [-0.1, -0.05) is 35.4 Å². The van der Waals surface area contributed by atoms with Crippen molar-refractivity contribution in [1.29, 1.82) is 0 Å². The van der Waals surface area contributed by atoms with E-state index in [0.29, 0.717) is 33.8 Å². The van der Waals surface area contributed by atoms with E-state index in [0.717, 1.165) is 33.7 Å². The molecule has 0 spiro atoms. The lowest BCUT2D eigenvalue weighted by Crippen LogP contribution is -1.94. The Hall–Kier alpha value is -1.14. The van der Waals surface area contributed by atoms with E-state index in [2.05, 4.69) is 0 Å². The Labute approximate surface area is 134 Å². The summed E-state index contributed by atoms with van der Waals surface area (Å²) in [5.74, 6) is -2.55. The second-order valence-corrected chi connectivity index (χ2v) is 6.82. The number of hydrogen-bond donors (Lipinski definition) is 0. The van der Waals surface area contributed by atoms with Gasteiger partial charge in [0.15, 0.2) is 0 Å². The van der Waals surface area contributed by atoms with E-state index in [4.69, 9.17) is 0 Å². The Morgan fingerprint density at radius 1 is 0.682 bits per heavy atom. The third-order valence-electron chi connectivity index (χ3n) is 3.17. The smallest absolute Gasteiger partial charge is 0.130 e. The molecule has 0 unspecified atom stereocenters. The summed E-state index contributed by atoms with van der Waals surface area (Å²) in [4.78, 5) is 0.855. The summed E-state index contributed by atoms with van der Waals surface area (Å²) in [5, 5.41) is 0. The van der Waals surface area contributed by atoms with Crippen LogP contribution >= 0.6 is 21.6 Å². The molecule has 2 rings (SSSR count). The first kappa shape index (κ1) is 17.2. The van der Waals surface area contributed by atoms with Crippen molar-refractivity contribution in [2.24, 2.45) is 0 Å². The van der Waals surface area contributed by atoms with Crippen LogP contribution in [0.4, 0.5) is 17.6 Å². The highest BCUT2D eigenvalue weighted by Crippen LogP contribution is 2.42. The molecule has 6 heteroatoms. The maximum Gasteiger partial charge on any atom is 0.130 e. The summed E-state index contributed by atoms with van der Waals surface area (Å²) >= 11 is 0. The van der Waals surface area contributed by atoms with Crippen LogP contribution in [0.2, 0.25) is 0 Å². The molecule has 0 aliphatic carbocycles. The summed E-state index contributed by atoms with van der Waals surface area (Å²) < 4.78 is 54.2. The van der Waals surface area contributed by atoms with Crippen molar-refractivity contribution in [3.8, 4) is 0 Å². The molecule has 0 amide bonds. The van der Waals surface area contributed by atoms with Crippen molar-refractivity contribution in [2.45, 2.75) is 36.5 Å². The predicted octanol–water partition coefficient (Wildman–Crippen LogP) is 6.17. The fraction of sp³-hybridized carbons (Fsp3) is 0.250.